The highest BCUT2D eigenvalue weighted by Gasteiger charge is 2.39. The van der Waals surface area contributed by atoms with Crippen LogP contribution in [0.15, 0.2) is 59.2 Å². The van der Waals surface area contributed by atoms with E-state index in [0.717, 1.165) is 41.6 Å². The molecule has 0 saturated heterocycles. The first-order chi connectivity index (χ1) is 13.5. The predicted molar refractivity (Wildman–Crippen MR) is 100 cm³/mol. The summed E-state index contributed by atoms with van der Waals surface area (Å²) in [5, 5.41) is 15.8. The first kappa shape index (κ1) is 18.2. The first-order valence-corrected chi connectivity index (χ1v) is 8.95. The minimum Gasteiger partial charge on any atom is -0.373 e. The van der Waals surface area contributed by atoms with Crippen LogP contribution in [0.1, 0.15) is 41.2 Å². The third kappa shape index (κ3) is 3.03. The van der Waals surface area contributed by atoms with Crippen molar-refractivity contribution in [2.45, 2.75) is 32.3 Å². The van der Waals surface area contributed by atoms with Gasteiger partial charge < -0.3 is 9.63 Å². The fraction of sp³-hybridized carbons (Fsp3) is 0.238. The van der Waals surface area contributed by atoms with E-state index >= 15 is 0 Å². The molecule has 1 aliphatic carbocycles. The lowest BCUT2D eigenvalue weighted by Crippen LogP contribution is -2.32. The van der Waals surface area contributed by atoms with E-state index in [9.17, 15) is 9.50 Å². The number of hydrogen-bond donors (Lipinski definition) is 1. The molecular weight excluding hydrogens is 359 g/mol. The number of halogens is 1. The number of pyridine rings is 1. The molecule has 28 heavy (non-hydrogen) atoms. The van der Waals surface area contributed by atoms with Crippen molar-refractivity contribution in [3.8, 4) is 0 Å². The van der Waals surface area contributed by atoms with Gasteiger partial charge in [0, 0.05) is 18.0 Å². The molecule has 0 aliphatic heterocycles. The number of nitrogens with zero attached hydrogens (tertiary/aromatic N) is 4. The third-order valence-corrected chi connectivity index (χ3v) is 4.91. The third-order valence-electron chi connectivity index (χ3n) is 4.91. The van der Waals surface area contributed by atoms with E-state index in [-0.39, 0.29) is 5.69 Å². The molecule has 0 fully saturated rings. The standard InChI is InChI=1S/C21H19FN4O2/c1-13-20(14(2)28-26-13)15-4-3-5-16(10-15)21(27,19-12-23-8-9-24-19)18-7-6-17(22)11-25-18/h5-12,27H,3-4H2,1-2H3. The van der Waals surface area contributed by atoms with Gasteiger partial charge in [0.25, 0.3) is 0 Å². The molecule has 142 valence electrons. The SMILES string of the molecule is Cc1noc(C)c1C1=CC(C(O)(c2ccc(F)cn2)c2cnccn2)=CCC1. The number of aryl methyl sites for hydroxylation is 2. The highest BCUT2D eigenvalue weighted by Crippen LogP contribution is 2.40. The Morgan fingerprint density at radius 2 is 1.96 bits per heavy atom. The maximum Gasteiger partial charge on any atom is 0.175 e. The van der Waals surface area contributed by atoms with E-state index in [1.807, 2.05) is 26.0 Å². The molecule has 7 heteroatoms. The number of aromatic nitrogens is 4. The van der Waals surface area contributed by atoms with Crippen LogP contribution >= 0.6 is 0 Å². The summed E-state index contributed by atoms with van der Waals surface area (Å²) in [6, 6.07) is 2.73. The Balaban J connectivity index is 1.88. The van der Waals surface area contributed by atoms with Crippen molar-refractivity contribution < 1.29 is 14.0 Å². The van der Waals surface area contributed by atoms with Crippen LogP contribution < -0.4 is 0 Å². The number of rotatable bonds is 4. The van der Waals surface area contributed by atoms with Gasteiger partial charge in [0.1, 0.15) is 17.3 Å². The van der Waals surface area contributed by atoms with Gasteiger partial charge >= 0.3 is 0 Å². The Hall–Kier alpha value is -3.19. The molecule has 1 aliphatic rings. The van der Waals surface area contributed by atoms with Crippen molar-refractivity contribution in [3.05, 3.63) is 88.9 Å². The van der Waals surface area contributed by atoms with E-state index in [1.54, 1.807) is 0 Å². The van der Waals surface area contributed by atoms with Gasteiger partial charge in [0.05, 0.1) is 23.8 Å². The van der Waals surface area contributed by atoms with Crippen LogP contribution in [-0.2, 0) is 5.60 Å². The fourth-order valence-electron chi connectivity index (χ4n) is 3.60. The maximum atomic E-state index is 13.4. The predicted octanol–water partition coefficient (Wildman–Crippen LogP) is 3.66. The Morgan fingerprint density at radius 3 is 2.61 bits per heavy atom. The molecule has 1 atom stereocenters. The van der Waals surface area contributed by atoms with Crippen LogP contribution in [0.4, 0.5) is 4.39 Å². The van der Waals surface area contributed by atoms with Crippen LogP contribution in [0, 0.1) is 19.7 Å². The van der Waals surface area contributed by atoms with Gasteiger partial charge in [0.15, 0.2) is 5.60 Å². The molecule has 6 nitrogen and oxygen atoms in total. The lowest BCUT2D eigenvalue weighted by molar-refractivity contribution is 0.114. The summed E-state index contributed by atoms with van der Waals surface area (Å²) in [5.41, 5.74) is 2.29. The van der Waals surface area contributed by atoms with E-state index in [0.29, 0.717) is 11.3 Å². The van der Waals surface area contributed by atoms with Gasteiger partial charge in [-0.25, -0.2) is 4.39 Å². The van der Waals surface area contributed by atoms with Crippen molar-refractivity contribution in [3.63, 3.8) is 0 Å². The van der Waals surface area contributed by atoms with Gasteiger partial charge in [-0.05, 0) is 50.0 Å². The molecular formula is C21H19FN4O2. The minimum atomic E-state index is -1.66. The van der Waals surface area contributed by atoms with Crippen LogP contribution in [0.5, 0.6) is 0 Å². The highest BCUT2D eigenvalue weighted by molar-refractivity contribution is 5.73. The lowest BCUT2D eigenvalue weighted by Gasteiger charge is -2.30. The molecule has 1 unspecified atom stereocenters. The first-order valence-electron chi connectivity index (χ1n) is 8.95. The minimum absolute atomic E-state index is 0.275. The van der Waals surface area contributed by atoms with Crippen LogP contribution in [0.25, 0.3) is 5.57 Å². The summed E-state index contributed by atoms with van der Waals surface area (Å²) in [5.74, 6) is 0.253. The highest BCUT2D eigenvalue weighted by atomic mass is 19.1. The van der Waals surface area contributed by atoms with Crippen LogP contribution in [0.3, 0.4) is 0 Å². The fourth-order valence-corrected chi connectivity index (χ4v) is 3.60. The van der Waals surface area contributed by atoms with Gasteiger partial charge in [0.2, 0.25) is 0 Å². The van der Waals surface area contributed by atoms with Crippen molar-refractivity contribution >= 4 is 5.57 Å². The van der Waals surface area contributed by atoms with E-state index < -0.39 is 11.4 Å². The zero-order valence-corrected chi connectivity index (χ0v) is 15.6. The molecule has 3 aromatic heterocycles. The van der Waals surface area contributed by atoms with Gasteiger partial charge in [-0.3, -0.25) is 15.0 Å². The number of aliphatic hydroxyl groups is 1. The second kappa shape index (κ2) is 7.09. The molecule has 0 spiro atoms. The quantitative estimate of drug-likeness (QED) is 0.746. The van der Waals surface area contributed by atoms with E-state index in [1.165, 1.54) is 30.7 Å². The van der Waals surface area contributed by atoms with Gasteiger partial charge in [-0.1, -0.05) is 17.3 Å². The molecule has 1 N–H and O–H groups in total. The molecule has 0 amide bonds. The normalized spacial score (nSPS) is 16.3. The number of allylic oxidation sites excluding steroid dienone is 2. The summed E-state index contributed by atoms with van der Waals surface area (Å²) in [6.07, 6.45) is 11.0. The van der Waals surface area contributed by atoms with Gasteiger partial charge in [-0.2, -0.15) is 0 Å². The Labute approximate surface area is 161 Å². The van der Waals surface area contributed by atoms with E-state index in [2.05, 4.69) is 20.1 Å². The molecule has 0 saturated carbocycles. The molecule has 3 heterocycles. The summed E-state index contributed by atoms with van der Waals surface area (Å²) < 4.78 is 18.7. The summed E-state index contributed by atoms with van der Waals surface area (Å²) in [7, 11) is 0. The zero-order chi connectivity index (χ0) is 19.7. The average molecular weight is 378 g/mol. The monoisotopic (exact) mass is 378 g/mol. The number of hydrogen-bond acceptors (Lipinski definition) is 6. The average Bonchev–Trinajstić information content (AvgIpc) is 3.07. The Morgan fingerprint density at radius 1 is 1.11 bits per heavy atom. The molecule has 4 rings (SSSR count). The summed E-state index contributed by atoms with van der Waals surface area (Å²) >= 11 is 0. The van der Waals surface area contributed by atoms with Crippen molar-refractivity contribution in [2.75, 3.05) is 0 Å². The summed E-state index contributed by atoms with van der Waals surface area (Å²) in [4.78, 5) is 12.5. The largest absolute Gasteiger partial charge is 0.373 e. The van der Waals surface area contributed by atoms with Gasteiger partial charge in [-0.15, -0.1) is 0 Å². The van der Waals surface area contributed by atoms with Crippen molar-refractivity contribution in [1.29, 1.82) is 0 Å². The molecule has 0 aromatic carbocycles. The van der Waals surface area contributed by atoms with Crippen molar-refractivity contribution in [1.82, 2.24) is 20.1 Å². The van der Waals surface area contributed by atoms with Crippen LogP contribution in [0.2, 0.25) is 0 Å². The second-order valence-corrected chi connectivity index (χ2v) is 6.73. The molecule has 0 bridgehead atoms. The topological polar surface area (TPSA) is 84.9 Å². The molecule has 3 aromatic rings. The summed E-state index contributed by atoms with van der Waals surface area (Å²) in [6.45, 7) is 3.76. The lowest BCUT2D eigenvalue weighted by atomic mass is 9.80. The molecule has 0 radical (unpaired) electrons. The zero-order valence-electron chi connectivity index (χ0n) is 15.6. The van der Waals surface area contributed by atoms with Crippen LogP contribution in [-0.4, -0.2) is 25.2 Å². The van der Waals surface area contributed by atoms with E-state index in [4.69, 9.17) is 4.52 Å². The van der Waals surface area contributed by atoms with Crippen molar-refractivity contribution in [2.24, 2.45) is 0 Å². The maximum absolute atomic E-state index is 13.4. The smallest absolute Gasteiger partial charge is 0.175 e. The Kier molecular flexibility index (Phi) is 4.60. The Bertz CT molecular complexity index is 1040. The second-order valence-electron chi connectivity index (χ2n) is 6.73.